The second-order valence-electron chi connectivity index (χ2n) is 12.6. The summed E-state index contributed by atoms with van der Waals surface area (Å²) >= 11 is 0. The highest BCUT2D eigenvalue weighted by Gasteiger charge is 2.18. The Hall–Kier alpha value is -4.58. The van der Waals surface area contributed by atoms with Crippen molar-refractivity contribution in [2.24, 2.45) is 0 Å². The molecular weight excluding hydrogens is 594 g/mol. The van der Waals surface area contributed by atoms with Gasteiger partial charge in [0.25, 0.3) is 0 Å². The van der Waals surface area contributed by atoms with Crippen LogP contribution in [0, 0.1) is 0 Å². The average Bonchev–Trinajstić information content (AvgIpc) is 3.50. The first-order valence-corrected chi connectivity index (χ1v) is 16.2. The van der Waals surface area contributed by atoms with Crippen LogP contribution in [0.25, 0.3) is 38.8 Å². The van der Waals surface area contributed by atoms with Crippen LogP contribution in [0.5, 0.6) is 0 Å². The molecule has 0 bridgehead atoms. The Morgan fingerprint density at radius 1 is 0.830 bits per heavy atom. The zero-order chi connectivity index (χ0) is 32.6. The molecule has 1 N–H and O–H groups in total. The SMILES string of the molecule is CC(C)(C)OC(=O)NCCOCCOCCN1CCN(c2ccc(-c3cnc4c(-c5cccc6ncccc56)cnn4c3)cc2)CC1. The van der Waals surface area contributed by atoms with E-state index in [0.29, 0.717) is 33.0 Å². The third-order valence-corrected chi connectivity index (χ3v) is 8.07. The molecule has 1 fully saturated rings. The van der Waals surface area contributed by atoms with Gasteiger partial charge in [0.15, 0.2) is 5.65 Å². The summed E-state index contributed by atoms with van der Waals surface area (Å²) in [6.45, 7) is 12.9. The van der Waals surface area contributed by atoms with Gasteiger partial charge in [-0.05, 0) is 56.2 Å². The van der Waals surface area contributed by atoms with E-state index in [1.165, 1.54) is 5.69 Å². The molecule has 1 aliphatic rings. The smallest absolute Gasteiger partial charge is 0.407 e. The number of amides is 1. The number of carbonyl (C=O) groups is 1. The second-order valence-corrected chi connectivity index (χ2v) is 12.6. The predicted molar refractivity (Wildman–Crippen MR) is 184 cm³/mol. The lowest BCUT2D eigenvalue weighted by Crippen LogP contribution is -2.47. The highest BCUT2D eigenvalue weighted by Crippen LogP contribution is 2.31. The third kappa shape index (κ3) is 8.42. The van der Waals surface area contributed by atoms with Gasteiger partial charge in [0.05, 0.1) is 38.1 Å². The van der Waals surface area contributed by atoms with Gasteiger partial charge in [0.1, 0.15) is 5.60 Å². The zero-order valence-corrected chi connectivity index (χ0v) is 27.4. The lowest BCUT2D eigenvalue weighted by molar-refractivity contribution is 0.0341. The third-order valence-electron chi connectivity index (χ3n) is 8.07. The number of rotatable bonds is 12. The van der Waals surface area contributed by atoms with Crippen molar-refractivity contribution in [2.75, 3.05) is 70.6 Å². The summed E-state index contributed by atoms with van der Waals surface area (Å²) in [6.07, 6.45) is 7.24. The maximum atomic E-state index is 11.6. The first kappa shape index (κ1) is 32.4. The monoisotopic (exact) mass is 637 g/mol. The maximum Gasteiger partial charge on any atom is 0.407 e. The predicted octanol–water partition coefficient (Wildman–Crippen LogP) is 5.29. The summed E-state index contributed by atoms with van der Waals surface area (Å²) in [5.74, 6) is 0. The number of piperazine rings is 1. The number of ether oxygens (including phenoxy) is 3. The minimum Gasteiger partial charge on any atom is -0.444 e. The van der Waals surface area contributed by atoms with Crippen molar-refractivity contribution in [1.82, 2.24) is 29.8 Å². The van der Waals surface area contributed by atoms with E-state index in [4.69, 9.17) is 19.2 Å². The number of hydrogen-bond donors (Lipinski definition) is 1. The van der Waals surface area contributed by atoms with E-state index in [2.05, 4.69) is 61.6 Å². The zero-order valence-electron chi connectivity index (χ0n) is 27.4. The normalized spacial score (nSPS) is 14.1. The quantitative estimate of drug-likeness (QED) is 0.183. The summed E-state index contributed by atoms with van der Waals surface area (Å²) in [5, 5.41) is 8.40. The van der Waals surface area contributed by atoms with Crippen LogP contribution in [0.1, 0.15) is 20.8 Å². The van der Waals surface area contributed by atoms with Crippen molar-refractivity contribution in [2.45, 2.75) is 26.4 Å². The molecule has 0 spiro atoms. The van der Waals surface area contributed by atoms with Gasteiger partial charge in [-0.25, -0.2) is 14.3 Å². The molecule has 0 unspecified atom stereocenters. The largest absolute Gasteiger partial charge is 0.444 e. The fourth-order valence-electron chi connectivity index (χ4n) is 5.70. The van der Waals surface area contributed by atoms with Crippen molar-refractivity contribution in [3.8, 4) is 22.3 Å². The van der Waals surface area contributed by atoms with E-state index in [1.807, 2.05) is 68.3 Å². The molecule has 3 aromatic heterocycles. The van der Waals surface area contributed by atoms with Crippen LogP contribution in [0.4, 0.5) is 10.5 Å². The van der Waals surface area contributed by atoms with Crippen molar-refractivity contribution in [3.05, 3.63) is 79.4 Å². The molecule has 0 atom stereocenters. The van der Waals surface area contributed by atoms with Gasteiger partial charge in [-0.15, -0.1) is 0 Å². The number of carbonyl (C=O) groups excluding carboxylic acids is 1. The average molecular weight is 638 g/mol. The van der Waals surface area contributed by atoms with E-state index < -0.39 is 11.7 Å². The molecule has 47 heavy (non-hydrogen) atoms. The Morgan fingerprint density at radius 2 is 1.62 bits per heavy atom. The van der Waals surface area contributed by atoms with Crippen LogP contribution in [-0.2, 0) is 14.2 Å². The first-order valence-electron chi connectivity index (χ1n) is 16.2. The number of fused-ring (bicyclic) bond motifs is 2. The Bertz CT molecular complexity index is 1770. The standard InChI is InChI=1S/C36H43N7O4/c1-36(2,3)47-35(44)38-14-20-45-22-23-46-21-19-41-15-17-42(18-16-41)29-11-9-27(10-12-29)28-24-39-34-32(25-40-43(34)26-28)30-6-4-8-33-31(30)7-5-13-37-33/h4-13,24-26H,14-23H2,1-3H3,(H,38,44). The topological polar surface area (TPSA) is 106 Å². The van der Waals surface area contributed by atoms with E-state index in [1.54, 1.807) is 0 Å². The molecule has 1 amide bonds. The van der Waals surface area contributed by atoms with E-state index >= 15 is 0 Å². The molecule has 5 aromatic rings. The van der Waals surface area contributed by atoms with E-state index in [0.717, 1.165) is 71.5 Å². The second kappa shape index (κ2) is 14.9. The molecule has 6 rings (SSSR count). The van der Waals surface area contributed by atoms with Crippen LogP contribution in [-0.4, -0.2) is 102 Å². The van der Waals surface area contributed by atoms with Crippen LogP contribution < -0.4 is 10.2 Å². The fourth-order valence-corrected chi connectivity index (χ4v) is 5.70. The van der Waals surface area contributed by atoms with Crippen LogP contribution in [0.2, 0.25) is 0 Å². The molecule has 0 saturated carbocycles. The number of nitrogens with zero attached hydrogens (tertiary/aromatic N) is 6. The summed E-state index contributed by atoms with van der Waals surface area (Å²) in [4.78, 5) is 25.8. The summed E-state index contributed by atoms with van der Waals surface area (Å²) in [5.41, 5.74) is 6.70. The summed E-state index contributed by atoms with van der Waals surface area (Å²) in [7, 11) is 0. The van der Waals surface area contributed by atoms with Crippen molar-refractivity contribution < 1.29 is 19.0 Å². The van der Waals surface area contributed by atoms with Crippen molar-refractivity contribution >= 4 is 28.3 Å². The maximum absolute atomic E-state index is 11.6. The summed E-state index contributed by atoms with van der Waals surface area (Å²) in [6, 6.07) is 18.9. The number of aromatic nitrogens is 4. The van der Waals surface area contributed by atoms with Gasteiger partial charge in [-0.1, -0.05) is 30.3 Å². The summed E-state index contributed by atoms with van der Waals surface area (Å²) < 4.78 is 18.3. The fraction of sp³-hybridized carbons (Fsp3) is 0.389. The molecule has 4 heterocycles. The van der Waals surface area contributed by atoms with Crippen molar-refractivity contribution in [1.29, 1.82) is 0 Å². The number of nitrogens with one attached hydrogen (secondary N) is 1. The number of hydrogen-bond acceptors (Lipinski definition) is 9. The molecular formula is C36H43N7O4. The van der Waals surface area contributed by atoms with Crippen LogP contribution >= 0.6 is 0 Å². The van der Waals surface area contributed by atoms with Crippen LogP contribution in [0.15, 0.2) is 79.4 Å². The number of alkyl carbamates (subject to hydrolysis) is 1. The van der Waals surface area contributed by atoms with Crippen LogP contribution in [0.3, 0.4) is 0 Å². The molecule has 2 aromatic carbocycles. The van der Waals surface area contributed by atoms with Gasteiger partial charge < -0.3 is 24.4 Å². The van der Waals surface area contributed by atoms with Crippen molar-refractivity contribution in [3.63, 3.8) is 0 Å². The Balaban J connectivity index is 0.923. The van der Waals surface area contributed by atoms with Gasteiger partial charge in [-0.2, -0.15) is 5.10 Å². The molecule has 1 saturated heterocycles. The van der Waals surface area contributed by atoms with E-state index in [9.17, 15) is 4.79 Å². The first-order chi connectivity index (χ1) is 22.8. The Kier molecular flexibility index (Phi) is 10.3. The minimum atomic E-state index is -0.502. The Labute approximate surface area is 275 Å². The molecule has 11 nitrogen and oxygen atoms in total. The molecule has 1 aliphatic heterocycles. The highest BCUT2D eigenvalue weighted by atomic mass is 16.6. The highest BCUT2D eigenvalue weighted by molar-refractivity contribution is 5.97. The lowest BCUT2D eigenvalue weighted by atomic mass is 10.0. The molecule has 11 heteroatoms. The Morgan fingerprint density at radius 3 is 2.40 bits per heavy atom. The molecule has 246 valence electrons. The molecule has 0 aliphatic carbocycles. The number of benzene rings is 2. The van der Waals surface area contributed by atoms with Gasteiger partial charge in [-0.3, -0.25) is 9.88 Å². The van der Waals surface area contributed by atoms with Gasteiger partial charge in [0.2, 0.25) is 0 Å². The minimum absolute atomic E-state index is 0.409. The lowest BCUT2D eigenvalue weighted by Gasteiger charge is -2.36. The van der Waals surface area contributed by atoms with E-state index in [-0.39, 0.29) is 0 Å². The molecule has 0 radical (unpaired) electrons. The number of pyridine rings is 1. The number of anilines is 1. The van der Waals surface area contributed by atoms with Gasteiger partial charge >= 0.3 is 6.09 Å². The van der Waals surface area contributed by atoms with Gasteiger partial charge in [0, 0.05) is 80.1 Å².